The summed E-state index contributed by atoms with van der Waals surface area (Å²) >= 11 is 0. The molecule has 6 rings (SSSR count). The number of fused-ring (bicyclic) bond motifs is 4. The predicted octanol–water partition coefficient (Wildman–Crippen LogP) is 4.26. The predicted molar refractivity (Wildman–Crippen MR) is 131 cm³/mol. The van der Waals surface area contributed by atoms with E-state index in [1.807, 2.05) is 46.8 Å². The Morgan fingerprint density at radius 1 is 1.05 bits per heavy atom. The Morgan fingerprint density at radius 2 is 1.86 bits per heavy atom. The molecule has 0 fully saturated rings. The van der Waals surface area contributed by atoms with E-state index in [1.54, 1.807) is 10.9 Å². The smallest absolute Gasteiger partial charge is 0.394 e. The summed E-state index contributed by atoms with van der Waals surface area (Å²) in [7, 11) is 1.82. The summed E-state index contributed by atoms with van der Waals surface area (Å²) in [5.74, 6) is 0. The summed E-state index contributed by atoms with van der Waals surface area (Å²) in [6.45, 7) is 2.19. The highest BCUT2D eigenvalue weighted by atomic mass is 19.4. The van der Waals surface area contributed by atoms with Crippen LogP contribution in [0.2, 0.25) is 0 Å². The molecule has 8 nitrogen and oxygen atoms in total. The molecule has 1 N–H and O–H groups in total. The Bertz CT molecular complexity index is 1570. The van der Waals surface area contributed by atoms with Crippen LogP contribution < -0.4 is 0 Å². The van der Waals surface area contributed by atoms with Crippen molar-refractivity contribution in [2.45, 2.75) is 25.4 Å². The van der Waals surface area contributed by atoms with Crippen LogP contribution in [-0.4, -0.2) is 54.0 Å². The molecule has 0 radical (unpaired) electrons. The molecule has 4 heterocycles. The molecule has 0 spiro atoms. The Hall–Kier alpha value is -3.67. The molecular weight excluding hydrogens is 485 g/mol. The van der Waals surface area contributed by atoms with Crippen LogP contribution >= 0.6 is 0 Å². The van der Waals surface area contributed by atoms with Gasteiger partial charge in [-0.1, -0.05) is 6.07 Å². The van der Waals surface area contributed by atoms with E-state index in [0.717, 1.165) is 52.8 Å². The Kier molecular flexibility index (Phi) is 5.78. The number of hydrogen-bond acceptors (Lipinski definition) is 5. The molecule has 37 heavy (non-hydrogen) atoms. The third-order valence-electron chi connectivity index (χ3n) is 6.90. The van der Waals surface area contributed by atoms with Gasteiger partial charge in [0.2, 0.25) is 0 Å². The van der Waals surface area contributed by atoms with Crippen molar-refractivity contribution in [1.82, 2.24) is 29.0 Å². The Balaban J connectivity index is 1.26. The second-order valence-corrected chi connectivity index (χ2v) is 9.24. The van der Waals surface area contributed by atoms with Gasteiger partial charge in [-0.05, 0) is 48.0 Å². The molecule has 1 aliphatic heterocycles. The number of rotatable bonds is 6. The molecule has 192 valence electrons. The molecule has 1 aliphatic rings. The van der Waals surface area contributed by atoms with Crippen molar-refractivity contribution in [3.63, 3.8) is 0 Å². The average Bonchev–Trinajstić information content (AvgIpc) is 3.57. The minimum Gasteiger partial charge on any atom is -0.394 e. The maximum absolute atomic E-state index is 13.1. The maximum Gasteiger partial charge on any atom is 0.416 e. The van der Waals surface area contributed by atoms with E-state index < -0.39 is 11.7 Å². The molecule has 0 aliphatic carbocycles. The summed E-state index contributed by atoms with van der Waals surface area (Å²) in [5.41, 5.74) is 3.38. The van der Waals surface area contributed by atoms with E-state index in [9.17, 15) is 18.3 Å². The molecule has 0 bridgehead atoms. The van der Waals surface area contributed by atoms with Gasteiger partial charge in [0.05, 0.1) is 42.6 Å². The third kappa shape index (κ3) is 4.18. The summed E-state index contributed by atoms with van der Waals surface area (Å²) in [4.78, 5) is 2.09. The normalized spacial score (nSPS) is 16.6. The van der Waals surface area contributed by atoms with Crippen molar-refractivity contribution in [1.29, 1.82) is 0 Å². The molecule has 0 saturated heterocycles. The summed E-state index contributed by atoms with van der Waals surface area (Å²) in [6.07, 6.45) is -0.738. The van der Waals surface area contributed by atoms with E-state index >= 15 is 0 Å². The maximum atomic E-state index is 13.1. The highest BCUT2D eigenvalue weighted by Gasteiger charge is 2.30. The first-order valence-electron chi connectivity index (χ1n) is 11.9. The van der Waals surface area contributed by atoms with Crippen LogP contribution in [0, 0.1) is 0 Å². The zero-order chi connectivity index (χ0) is 25.7. The highest BCUT2D eigenvalue weighted by Crippen LogP contribution is 2.34. The molecule has 0 amide bonds. The van der Waals surface area contributed by atoms with Gasteiger partial charge in [0, 0.05) is 42.4 Å². The van der Waals surface area contributed by atoms with Gasteiger partial charge in [-0.2, -0.15) is 23.4 Å². The van der Waals surface area contributed by atoms with Crippen LogP contribution in [0.3, 0.4) is 0 Å². The van der Waals surface area contributed by atoms with Crippen molar-refractivity contribution in [3.8, 4) is 5.69 Å². The lowest BCUT2D eigenvalue weighted by Gasteiger charge is -2.34. The van der Waals surface area contributed by atoms with Crippen molar-refractivity contribution in [3.05, 3.63) is 77.7 Å². The van der Waals surface area contributed by atoms with Crippen LogP contribution in [0.25, 0.3) is 27.6 Å². The molecule has 1 atom stereocenters. The second-order valence-electron chi connectivity index (χ2n) is 9.24. The first-order chi connectivity index (χ1) is 17.8. The van der Waals surface area contributed by atoms with E-state index in [4.69, 9.17) is 4.74 Å². The number of alkyl halides is 3. The van der Waals surface area contributed by atoms with Crippen LogP contribution in [0.4, 0.5) is 13.2 Å². The lowest BCUT2D eigenvalue weighted by molar-refractivity contribution is -0.137. The molecule has 11 heteroatoms. The number of hydrogen-bond donors (Lipinski definition) is 1. The van der Waals surface area contributed by atoms with Gasteiger partial charge in [0.25, 0.3) is 0 Å². The summed E-state index contributed by atoms with van der Waals surface area (Å²) < 4.78 is 50.7. The van der Waals surface area contributed by atoms with Crippen LogP contribution in [-0.2, 0) is 31.1 Å². The quantitative estimate of drug-likeness (QED) is 0.370. The largest absolute Gasteiger partial charge is 0.416 e. The van der Waals surface area contributed by atoms with Crippen molar-refractivity contribution in [2.24, 2.45) is 7.05 Å². The molecule has 1 unspecified atom stereocenters. The number of ether oxygens (including phenoxy) is 1. The van der Waals surface area contributed by atoms with E-state index in [0.29, 0.717) is 24.7 Å². The van der Waals surface area contributed by atoms with Gasteiger partial charge in [0.15, 0.2) is 5.65 Å². The number of aliphatic hydroxyl groups is 1. The number of aliphatic hydroxyl groups excluding tert-OH is 1. The first-order valence-corrected chi connectivity index (χ1v) is 11.9. The van der Waals surface area contributed by atoms with E-state index in [-0.39, 0.29) is 12.6 Å². The molecule has 0 saturated carbocycles. The van der Waals surface area contributed by atoms with Crippen LogP contribution in [0.1, 0.15) is 22.9 Å². The number of aryl methyl sites for hydroxylation is 1. The fourth-order valence-electron chi connectivity index (χ4n) is 5.11. The molecule has 5 aromatic rings. The van der Waals surface area contributed by atoms with Crippen LogP contribution in [0.15, 0.2) is 60.9 Å². The topological polar surface area (TPSA) is 73.3 Å². The standard InChI is InChI=1S/C26H25F3N6O2/c1-32-13-21-20-12-17(15-37-16-33-10-11-34-23(8-9-30-34)24(33)14-36)2-7-22(20)35(25(21)31-32)19-5-3-18(4-6-19)26(27,28)29/h2-9,12-13,24,36H,10-11,14-16H2,1H3. The Labute approximate surface area is 210 Å². The monoisotopic (exact) mass is 510 g/mol. The van der Waals surface area contributed by atoms with Crippen molar-refractivity contribution < 1.29 is 23.0 Å². The van der Waals surface area contributed by atoms with Crippen molar-refractivity contribution >= 4 is 21.9 Å². The second kappa shape index (κ2) is 9.02. The number of aromatic nitrogens is 5. The summed E-state index contributed by atoms with van der Waals surface area (Å²) in [6, 6.07) is 12.8. The third-order valence-corrected chi connectivity index (χ3v) is 6.90. The van der Waals surface area contributed by atoms with Gasteiger partial charge in [-0.15, -0.1) is 0 Å². The SMILES string of the molecule is Cn1cc2c3cc(COCN4CCn5nccc5C4CO)ccc3n(-c3ccc(C(F)(F)F)cc3)c2n1. The van der Waals surface area contributed by atoms with Crippen LogP contribution in [0.5, 0.6) is 0 Å². The van der Waals surface area contributed by atoms with Gasteiger partial charge in [0.1, 0.15) is 6.73 Å². The van der Waals surface area contributed by atoms with Gasteiger partial charge in [-0.25, -0.2) is 0 Å². The lowest BCUT2D eigenvalue weighted by Crippen LogP contribution is -2.41. The average molecular weight is 511 g/mol. The number of benzene rings is 2. The van der Waals surface area contributed by atoms with E-state index in [2.05, 4.69) is 15.1 Å². The fraction of sp³-hybridized carbons (Fsp3) is 0.308. The minimum absolute atomic E-state index is 0.0164. The zero-order valence-electron chi connectivity index (χ0n) is 20.1. The first kappa shape index (κ1) is 23.7. The fourth-order valence-corrected chi connectivity index (χ4v) is 5.11. The minimum atomic E-state index is -4.39. The summed E-state index contributed by atoms with van der Waals surface area (Å²) in [5, 5.41) is 20.6. The van der Waals surface area contributed by atoms with Gasteiger partial charge < -0.3 is 9.84 Å². The number of nitrogens with zero attached hydrogens (tertiary/aromatic N) is 6. The highest BCUT2D eigenvalue weighted by molar-refractivity contribution is 6.08. The molecular formula is C26H25F3N6O2. The zero-order valence-corrected chi connectivity index (χ0v) is 20.1. The van der Waals surface area contributed by atoms with Gasteiger partial charge in [-0.3, -0.25) is 18.8 Å². The lowest BCUT2D eigenvalue weighted by atomic mass is 10.1. The van der Waals surface area contributed by atoms with E-state index in [1.165, 1.54) is 12.1 Å². The van der Waals surface area contributed by atoms with Crippen molar-refractivity contribution in [2.75, 3.05) is 19.9 Å². The number of halogens is 3. The molecule has 3 aromatic heterocycles. The van der Waals surface area contributed by atoms with Gasteiger partial charge >= 0.3 is 6.18 Å². The Morgan fingerprint density at radius 3 is 2.62 bits per heavy atom. The molecule has 2 aromatic carbocycles.